The van der Waals surface area contributed by atoms with Gasteiger partial charge in [-0.25, -0.2) is 9.59 Å². The summed E-state index contributed by atoms with van der Waals surface area (Å²) >= 11 is 0. The zero-order chi connectivity index (χ0) is 14.5. The lowest BCUT2D eigenvalue weighted by atomic mass is 10.1. The summed E-state index contributed by atoms with van der Waals surface area (Å²) in [6.07, 6.45) is 0. The molecule has 0 unspecified atom stereocenters. The van der Waals surface area contributed by atoms with E-state index in [-0.39, 0.29) is 11.1 Å². The van der Waals surface area contributed by atoms with Crippen LogP contribution in [-0.2, 0) is 0 Å². The van der Waals surface area contributed by atoms with Crippen LogP contribution in [-0.4, -0.2) is 24.2 Å². The predicted molar refractivity (Wildman–Crippen MR) is 71.4 cm³/mol. The van der Waals surface area contributed by atoms with Crippen molar-refractivity contribution in [3.8, 4) is 11.5 Å². The Bertz CT molecular complexity index is 631. The minimum atomic E-state index is -1.17. The molecule has 0 amide bonds. The quantitative estimate of drug-likeness (QED) is 0.684. The van der Waals surface area contributed by atoms with Gasteiger partial charge in [-0.3, -0.25) is 0 Å². The topological polar surface area (TPSA) is 72.8 Å². The van der Waals surface area contributed by atoms with Crippen molar-refractivity contribution in [2.24, 2.45) is 0 Å². The van der Waals surface area contributed by atoms with Crippen molar-refractivity contribution < 1.29 is 24.2 Å². The van der Waals surface area contributed by atoms with Crippen LogP contribution in [0.3, 0.4) is 0 Å². The molecule has 5 heteroatoms. The molecule has 20 heavy (non-hydrogen) atoms. The maximum atomic E-state index is 12.0. The summed E-state index contributed by atoms with van der Waals surface area (Å²) in [5.41, 5.74) is -0.0816. The van der Waals surface area contributed by atoms with Gasteiger partial charge in [0, 0.05) is 0 Å². The van der Waals surface area contributed by atoms with E-state index in [9.17, 15) is 9.59 Å². The van der Waals surface area contributed by atoms with E-state index in [0.29, 0.717) is 11.5 Å². The van der Waals surface area contributed by atoms with E-state index in [1.165, 1.54) is 19.2 Å². The van der Waals surface area contributed by atoms with Gasteiger partial charge in [0.05, 0.1) is 18.2 Å². The van der Waals surface area contributed by atoms with E-state index in [2.05, 4.69) is 0 Å². The van der Waals surface area contributed by atoms with E-state index < -0.39 is 11.9 Å². The molecule has 0 saturated carbocycles. The fraction of sp³-hybridized carbons (Fsp3) is 0.0667. The van der Waals surface area contributed by atoms with Gasteiger partial charge in [-0.2, -0.15) is 0 Å². The number of benzene rings is 2. The molecule has 102 valence electrons. The lowest BCUT2D eigenvalue weighted by molar-refractivity contribution is 0.0668. The lowest BCUT2D eigenvalue weighted by Crippen LogP contribution is -2.13. The van der Waals surface area contributed by atoms with Gasteiger partial charge >= 0.3 is 11.9 Å². The molecule has 0 atom stereocenters. The Labute approximate surface area is 115 Å². The first-order chi connectivity index (χ1) is 9.61. The molecule has 0 saturated heterocycles. The SMILES string of the molecule is COc1ccc(OC(=O)c2ccccc2C(=O)O)cc1. The van der Waals surface area contributed by atoms with Gasteiger partial charge < -0.3 is 14.6 Å². The van der Waals surface area contributed by atoms with Gasteiger partial charge in [-0.05, 0) is 36.4 Å². The monoisotopic (exact) mass is 272 g/mol. The fourth-order valence-electron chi connectivity index (χ4n) is 1.65. The maximum absolute atomic E-state index is 12.0. The molecule has 0 fully saturated rings. The van der Waals surface area contributed by atoms with Gasteiger partial charge in [-0.1, -0.05) is 12.1 Å². The van der Waals surface area contributed by atoms with Crippen LogP contribution in [0.4, 0.5) is 0 Å². The van der Waals surface area contributed by atoms with Crippen LogP contribution < -0.4 is 9.47 Å². The average Bonchev–Trinajstić information content (AvgIpc) is 2.48. The Morgan fingerprint density at radius 2 is 1.45 bits per heavy atom. The number of methoxy groups -OCH3 is 1. The first kappa shape index (κ1) is 13.6. The van der Waals surface area contributed by atoms with Crippen molar-refractivity contribution in [3.63, 3.8) is 0 Å². The van der Waals surface area contributed by atoms with Crippen LogP contribution in [0, 0.1) is 0 Å². The highest BCUT2D eigenvalue weighted by molar-refractivity contribution is 6.03. The molecular formula is C15H12O5. The summed E-state index contributed by atoms with van der Waals surface area (Å²) in [7, 11) is 1.53. The number of carbonyl (C=O) groups excluding carboxylic acids is 1. The van der Waals surface area contributed by atoms with E-state index in [1.807, 2.05) is 0 Å². The van der Waals surface area contributed by atoms with Crippen molar-refractivity contribution >= 4 is 11.9 Å². The van der Waals surface area contributed by atoms with Crippen LogP contribution in [0.2, 0.25) is 0 Å². The molecule has 5 nitrogen and oxygen atoms in total. The van der Waals surface area contributed by atoms with E-state index >= 15 is 0 Å². The minimum absolute atomic E-state index is 0.0100. The van der Waals surface area contributed by atoms with Crippen LogP contribution in [0.1, 0.15) is 20.7 Å². The molecule has 0 aliphatic rings. The van der Waals surface area contributed by atoms with Gasteiger partial charge in [0.15, 0.2) is 0 Å². The lowest BCUT2D eigenvalue weighted by Gasteiger charge is -2.07. The summed E-state index contributed by atoms with van der Waals surface area (Å²) in [5.74, 6) is -0.938. The van der Waals surface area contributed by atoms with Gasteiger partial charge in [0.2, 0.25) is 0 Å². The fourth-order valence-corrected chi connectivity index (χ4v) is 1.65. The number of aromatic carboxylic acids is 1. The number of hydrogen-bond acceptors (Lipinski definition) is 4. The highest BCUT2D eigenvalue weighted by Gasteiger charge is 2.17. The summed E-state index contributed by atoms with van der Waals surface area (Å²) in [4.78, 5) is 23.0. The van der Waals surface area contributed by atoms with Crippen LogP contribution in [0.5, 0.6) is 11.5 Å². The summed E-state index contributed by atoms with van der Waals surface area (Å²) < 4.78 is 10.1. The predicted octanol–water partition coefficient (Wildman–Crippen LogP) is 2.61. The summed E-state index contributed by atoms with van der Waals surface area (Å²) in [5, 5.41) is 9.02. The van der Waals surface area contributed by atoms with Gasteiger partial charge in [0.25, 0.3) is 0 Å². The zero-order valence-electron chi connectivity index (χ0n) is 10.7. The molecule has 0 heterocycles. The second kappa shape index (κ2) is 5.88. The van der Waals surface area contributed by atoms with Crippen molar-refractivity contribution in [1.29, 1.82) is 0 Å². The van der Waals surface area contributed by atoms with Crippen LogP contribution in [0.15, 0.2) is 48.5 Å². The van der Waals surface area contributed by atoms with E-state index in [4.69, 9.17) is 14.6 Å². The van der Waals surface area contributed by atoms with Gasteiger partial charge in [0.1, 0.15) is 11.5 Å². The normalized spacial score (nSPS) is 9.85. The first-order valence-electron chi connectivity index (χ1n) is 5.80. The Balaban J connectivity index is 2.21. The first-order valence-corrected chi connectivity index (χ1v) is 5.80. The number of esters is 1. The van der Waals surface area contributed by atoms with Crippen molar-refractivity contribution in [2.45, 2.75) is 0 Å². The number of carboxylic acids is 1. The second-order valence-corrected chi connectivity index (χ2v) is 3.92. The second-order valence-electron chi connectivity index (χ2n) is 3.92. The largest absolute Gasteiger partial charge is 0.497 e. The molecule has 2 rings (SSSR count). The maximum Gasteiger partial charge on any atom is 0.344 e. The average molecular weight is 272 g/mol. The zero-order valence-corrected chi connectivity index (χ0v) is 10.7. The van der Waals surface area contributed by atoms with Crippen molar-refractivity contribution in [1.82, 2.24) is 0 Å². The molecule has 0 spiro atoms. The molecule has 2 aromatic carbocycles. The smallest absolute Gasteiger partial charge is 0.344 e. The number of hydrogen-bond donors (Lipinski definition) is 1. The highest BCUT2D eigenvalue weighted by Crippen LogP contribution is 2.19. The summed E-state index contributed by atoms with van der Waals surface area (Å²) in [6, 6.07) is 12.3. The Morgan fingerprint density at radius 1 is 0.900 bits per heavy atom. The number of carboxylic acid groups (broad SMARTS) is 1. The van der Waals surface area contributed by atoms with Crippen LogP contribution in [0.25, 0.3) is 0 Å². The molecule has 0 aliphatic heterocycles. The molecule has 2 aromatic rings. The summed E-state index contributed by atoms with van der Waals surface area (Å²) in [6.45, 7) is 0. The third kappa shape index (κ3) is 2.95. The number of carbonyl (C=O) groups is 2. The number of ether oxygens (including phenoxy) is 2. The number of rotatable bonds is 4. The molecule has 0 radical (unpaired) electrons. The van der Waals surface area contributed by atoms with E-state index in [1.54, 1.807) is 36.4 Å². The molecule has 0 aliphatic carbocycles. The van der Waals surface area contributed by atoms with Gasteiger partial charge in [-0.15, -0.1) is 0 Å². The van der Waals surface area contributed by atoms with E-state index in [0.717, 1.165) is 0 Å². The standard InChI is InChI=1S/C15H12O5/c1-19-10-6-8-11(9-7-10)20-15(18)13-5-3-2-4-12(13)14(16)17/h2-9H,1H3,(H,16,17). The molecule has 0 aromatic heterocycles. The van der Waals surface area contributed by atoms with Crippen molar-refractivity contribution in [3.05, 3.63) is 59.7 Å². The van der Waals surface area contributed by atoms with Crippen molar-refractivity contribution in [2.75, 3.05) is 7.11 Å². The molecular weight excluding hydrogens is 260 g/mol. The Morgan fingerprint density at radius 3 is 2.00 bits per heavy atom. The third-order valence-corrected chi connectivity index (χ3v) is 2.65. The third-order valence-electron chi connectivity index (χ3n) is 2.65. The van der Waals surface area contributed by atoms with Crippen LogP contribution >= 0.6 is 0 Å². The Kier molecular flexibility index (Phi) is 4.00. The highest BCUT2D eigenvalue weighted by atomic mass is 16.5. The molecule has 0 bridgehead atoms. The Hall–Kier alpha value is -2.82. The molecule has 1 N–H and O–H groups in total. The minimum Gasteiger partial charge on any atom is -0.497 e.